The number of aryl methyl sites for hydroxylation is 1. The summed E-state index contributed by atoms with van der Waals surface area (Å²) in [6, 6.07) is 11.8. The third kappa shape index (κ3) is 3.38. The van der Waals surface area contributed by atoms with Gasteiger partial charge in [-0.25, -0.2) is 0 Å². The number of hydrogen-bond acceptors (Lipinski definition) is 5. The van der Waals surface area contributed by atoms with Gasteiger partial charge in [0.25, 0.3) is 5.91 Å². The molecule has 0 atom stereocenters. The van der Waals surface area contributed by atoms with E-state index >= 15 is 0 Å². The van der Waals surface area contributed by atoms with Crippen LogP contribution < -0.4 is 19.9 Å². The molecule has 0 saturated heterocycles. The van der Waals surface area contributed by atoms with Crippen molar-refractivity contribution >= 4 is 18.0 Å². The molecule has 1 heterocycles. The molecule has 1 aliphatic heterocycles. The monoisotopic (exact) mass is 324 g/mol. The van der Waals surface area contributed by atoms with E-state index < -0.39 is 11.9 Å². The fourth-order valence-corrected chi connectivity index (χ4v) is 2.22. The summed E-state index contributed by atoms with van der Waals surface area (Å²) in [6.07, 6.45) is 1.31. The van der Waals surface area contributed by atoms with Gasteiger partial charge < -0.3 is 24.7 Å². The Bertz CT molecular complexity index is 824. The number of rotatable bonds is 4. The third-order valence-electron chi connectivity index (χ3n) is 3.49. The Morgan fingerprint density at radius 3 is 2.50 bits per heavy atom. The van der Waals surface area contributed by atoms with Crippen LogP contribution in [-0.2, 0) is 4.79 Å². The van der Waals surface area contributed by atoms with Crippen molar-refractivity contribution in [3.05, 3.63) is 64.9 Å². The van der Waals surface area contributed by atoms with Gasteiger partial charge >= 0.3 is 0 Å². The molecule has 0 aromatic heterocycles. The molecular weight excluding hydrogens is 310 g/mol. The number of benzene rings is 2. The number of carbonyl (C=O) groups is 2. The molecule has 1 N–H and O–H groups in total. The standard InChI is InChI=1S/C18H15NO5/c1-11-2-5-13(6-3-11)17(20)19-14(18(21)22)8-12-4-7-15-16(9-12)24-10-23-15/h2-9H,10H2,1H3,(H,19,20)(H,21,22)/p-1/b14-8+. The molecule has 2 aromatic carbocycles. The van der Waals surface area contributed by atoms with E-state index in [0.717, 1.165) is 5.56 Å². The molecule has 0 fully saturated rings. The molecule has 0 bridgehead atoms. The van der Waals surface area contributed by atoms with Gasteiger partial charge in [-0.1, -0.05) is 23.8 Å². The van der Waals surface area contributed by atoms with E-state index in [1.165, 1.54) is 6.08 Å². The van der Waals surface area contributed by atoms with Crippen LogP contribution in [0.3, 0.4) is 0 Å². The third-order valence-corrected chi connectivity index (χ3v) is 3.49. The van der Waals surface area contributed by atoms with Crippen LogP contribution in [0.4, 0.5) is 0 Å². The highest BCUT2D eigenvalue weighted by Crippen LogP contribution is 2.32. The SMILES string of the molecule is Cc1ccc(C(=O)N/C(=C/c2ccc3c(c2)OCO3)C(=O)[O-])cc1. The van der Waals surface area contributed by atoms with E-state index in [1.807, 2.05) is 6.92 Å². The zero-order chi connectivity index (χ0) is 17.1. The average Bonchev–Trinajstić information content (AvgIpc) is 3.02. The van der Waals surface area contributed by atoms with Crippen LogP contribution in [0.5, 0.6) is 11.5 Å². The number of carboxylic acid groups (broad SMARTS) is 1. The Morgan fingerprint density at radius 1 is 1.08 bits per heavy atom. The van der Waals surface area contributed by atoms with Crippen LogP contribution in [0.2, 0.25) is 0 Å². The maximum atomic E-state index is 12.2. The van der Waals surface area contributed by atoms with Crippen LogP contribution >= 0.6 is 0 Å². The van der Waals surface area contributed by atoms with Crippen molar-refractivity contribution in [3.63, 3.8) is 0 Å². The lowest BCUT2D eigenvalue weighted by Crippen LogP contribution is -2.35. The number of nitrogens with one attached hydrogen (secondary N) is 1. The van der Waals surface area contributed by atoms with Gasteiger partial charge in [-0.2, -0.15) is 0 Å². The van der Waals surface area contributed by atoms with E-state index in [-0.39, 0.29) is 12.5 Å². The van der Waals surface area contributed by atoms with Crippen LogP contribution in [-0.4, -0.2) is 18.7 Å². The second-order valence-electron chi connectivity index (χ2n) is 5.28. The molecule has 122 valence electrons. The topological polar surface area (TPSA) is 87.7 Å². The zero-order valence-electron chi connectivity index (χ0n) is 12.9. The molecule has 2 aromatic rings. The molecular formula is C18H14NO5-. The Labute approximate surface area is 138 Å². The molecule has 24 heavy (non-hydrogen) atoms. The molecule has 6 nitrogen and oxygen atoms in total. The Hall–Kier alpha value is -3.28. The highest BCUT2D eigenvalue weighted by Gasteiger charge is 2.14. The smallest absolute Gasteiger partial charge is 0.255 e. The zero-order valence-corrected chi connectivity index (χ0v) is 12.9. The summed E-state index contributed by atoms with van der Waals surface area (Å²) in [7, 11) is 0. The van der Waals surface area contributed by atoms with E-state index in [2.05, 4.69) is 5.32 Å². The number of carbonyl (C=O) groups excluding carboxylic acids is 2. The maximum Gasteiger partial charge on any atom is 0.255 e. The molecule has 6 heteroatoms. The lowest BCUT2D eigenvalue weighted by Gasteiger charge is -2.11. The Balaban J connectivity index is 1.83. The van der Waals surface area contributed by atoms with E-state index in [0.29, 0.717) is 22.6 Å². The number of hydrogen-bond donors (Lipinski definition) is 1. The van der Waals surface area contributed by atoms with Crippen molar-refractivity contribution in [1.29, 1.82) is 0 Å². The highest BCUT2D eigenvalue weighted by atomic mass is 16.7. The number of amides is 1. The van der Waals surface area contributed by atoms with Gasteiger partial charge in [0.2, 0.25) is 6.79 Å². The van der Waals surface area contributed by atoms with Crippen LogP contribution in [0.1, 0.15) is 21.5 Å². The molecule has 0 spiro atoms. The Kier molecular flexibility index (Phi) is 4.20. The van der Waals surface area contributed by atoms with E-state index in [1.54, 1.807) is 42.5 Å². The predicted molar refractivity (Wildman–Crippen MR) is 84.2 cm³/mol. The minimum atomic E-state index is -1.48. The largest absolute Gasteiger partial charge is 0.543 e. The Morgan fingerprint density at radius 2 is 1.79 bits per heavy atom. The first-order valence-electron chi connectivity index (χ1n) is 7.23. The van der Waals surface area contributed by atoms with Gasteiger partial charge in [0.15, 0.2) is 11.5 Å². The number of fused-ring (bicyclic) bond motifs is 1. The summed E-state index contributed by atoms with van der Waals surface area (Å²) in [4.78, 5) is 23.5. The average molecular weight is 324 g/mol. The van der Waals surface area contributed by atoms with Crippen LogP contribution in [0.25, 0.3) is 6.08 Å². The van der Waals surface area contributed by atoms with E-state index in [9.17, 15) is 14.7 Å². The fourth-order valence-electron chi connectivity index (χ4n) is 2.22. The summed E-state index contributed by atoms with van der Waals surface area (Å²) in [5, 5.41) is 13.7. The van der Waals surface area contributed by atoms with Crippen molar-refractivity contribution in [2.45, 2.75) is 6.92 Å². The summed E-state index contributed by atoms with van der Waals surface area (Å²) < 4.78 is 10.4. The maximum absolute atomic E-state index is 12.2. The number of ether oxygens (including phenoxy) is 2. The summed E-state index contributed by atoms with van der Waals surface area (Å²) in [5.41, 5.74) is 1.57. The van der Waals surface area contributed by atoms with Gasteiger partial charge in [0, 0.05) is 5.56 Å². The molecule has 0 unspecified atom stereocenters. The quantitative estimate of drug-likeness (QED) is 0.855. The molecule has 1 aliphatic rings. The first-order chi connectivity index (χ1) is 11.5. The van der Waals surface area contributed by atoms with Gasteiger partial charge in [0.05, 0.1) is 11.7 Å². The summed E-state index contributed by atoms with van der Waals surface area (Å²) in [6.45, 7) is 2.02. The van der Waals surface area contributed by atoms with Crippen molar-refractivity contribution < 1.29 is 24.2 Å². The number of carboxylic acids is 1. The second-order valence-corrected chi connectivity index (χ2v) is 5.28. The molecule has 3 rings (SSSR count). The molecule has 1 amide bonds. The van der Waals surface area contributed by atoms with Crippen molar-refractivity contribution in [2.75, 3.05) is 6.79 Å². The second kappa shape index (κ2) is 6.45. The summed E-state index contributed by atoms with van der Waals surface area (Å²) in [5.74, 6) is -0.892. The minimum absolute atomic E-state index is 0.125. The first kappa shape index (κ1) is 15.6. The van der Waals surface area contributed by atoms with Gasteiger partial charge in [-0.05, 0) is 42.8 Å². The highest BCUT2D eigenvalue weighted by molar-refractivity contribution is 6.02. The van der Waals surface area contributed by atoms with Gasteiger partial charge in [-0.15, -0.1) is 0 Å². The molecule has 0 aliphatic carbocycles. The van der Waals surface area contributed by atoms with Crippen molar-refractivity contribution in [1.82, 2.24) is 5.32 Å². The van der Waals surface area contributed by atoms with Crippen LogP contribution in [0, 0.1) is 6.92 Å². The van der Waals surface area contributed by atoms with E-state index in [4.69, 9.17) is 9.47 Å². The van der Waals surface area contributed by atoms with Crippen LogP contribution in [0.15, 0.2) is 48.2 Å². The van der Waals surface area contributed by atoms with Gasteiger partial charge in [-0.3, -0.25) is 4.79 Å². The lowest BCUT2D eigenvalue weighted by molar-refractivity contribution is -0.299. The lowest BCUT2D eigenvalue weighted by atomic mass is 10.1. The van der Waals surface area contributed by atoms with Crippen molar-refractivity contribution in [3.8, 4) is 11.5 Å². The molecule has 0 saturated carbocycles. The number of aliphatic carboxylic acids is 1. The summed E-state index contributed by atoms with van der Waals surface area (Å²) >= 11 is 0. The fraction of sp³-hybridized carbons (Fsp3) is 0.111. The first-order valence-corrected chi connectivity index (χ1v) is 7.23. The van der Waals surface area contributed by atoms with Gasteiger partial charge in [0.1, 0.15) is 0 Å². The molecule has 0 radical (unpaired) electrons. The minimum Gasteiger partial charge on any atom is -0.543 e. The predicted octanol–water partition coefficient (Wildman–Crippen LogP) is 1.24. The normalized spacial score (nSPS) is 12.8. The van der Waals surface area contributed by atoms with Crippen molar-refractivity contribution in [2.24, 2.45) is 0 Å².